The fourth-order valence-corrected chi connectivity index (χ4v) is 6.17. The summed E-state index contributed by atoms with van der Waals surface area (Å²) in [5, 5.41) is 0.857. The zero-order chi connectivity index (χ0) is 22.2. The van der Waals surface area contributed by atoms with E-state index in [0.717, 1.165) is 4.47 Å². The van der Waals surface area contributed by atoms with Gasteiger partial charge in [-0.25, -0.2) is 8.42 Å². The molecule has 1 heterocycles. The van der Waals surface area contributed by atoms with Crippen LogP contribution in [0.3, 0.4) is 0 Å². The Balaban J connectivity index is 1.96. The van der Waals surface area contributed by atoms with Crippen molar-refractivity contribution >= 4 is 65.9 Å². The molecule has 0 aliphatic carbocycles. The number of hydrogen-bond donors (Lipinski definition) is 0. The minimum absolute atomic E-state index is 0.0648. The lowest BCUT2D eigenvalue weighted by Crippen LogP contribution is -2.34. The molecule has 4 aromatic rings. The lowest BCUT2D eigenvalue weighted by atomic mass is 10.1. The van der Waals surface area contributed by atoms with Gasteiger partial charge >= 0.3 is 0 Å². The Bertz CT molecular complexity index is 1380. The van der Waals surface area contributed by atoms with E-state index in [0.29, 0.717) is 32.3 Å². The van der Waals surface area contributed by atoms with Crippen molar-refractivity contribution in [1.82, 2.24) is 9.97 Å². The second-order valence-corrected chi connectivity index (χ2v) is 10.3. The molecule has 0 unspecified atom stereocenters. The topological polar surface area (TPSA) is 63.2 Å². The highest BCUT2D eigenvalue weighted by Gasteiger charge is 2.33. The maximum absolute atomic E-state index is 14.0. The molecule has 0 saturated carbocycles. The number of halogens is 3. The molecule has 158 valence electrons. The number of hydrogen-bond acceptors (Lipinski definition) is 4. The third-order valence-corrected chi connectivity index (χ3v) is 7.81. The summed E-state index contributed by atoms with van der Waals surface area (Å²) in [4.78, 5) is 8.59. The molecule has 0 fully saturated rings. The van der Waals surface area contributed by atoms with Crippen LogP contribution in [-0.2, 0) is 10.0 Å². The smallest absolute Gasteiger partial charge is 0.259 e. The van der Waals surface area contributed by atoms with Crippen LogP contribution in [0.25, 0.3) is 11.0 Å². The number of para-hydroxylation sites is 1. The van der Waals surface area contributed by atoms with Crippen molar-refractivity contribution in [2.45, 2.75) is 17.9 Å². The standard InChI is InChI=1S/C22H16BrCl2N3O2S/c1-14(18-9-8-16(24)13-19(18)25)28(17-5-2-4-15(23)12-17)31(29,30)21-7-3-6-20-22(21)27-11-10-26-20/h2-14H,1H3/t14-/m1/s1. The molecule has 0 spiro atoms. The molecule has 0 bridgehead atoms. The minimum atomic E-state index is -4.05. The summed E-state index contributed by atoms with van der Waals surface area (Å²) in [6.07, 6.45) is 3.01. The van der Waals surface area contributed by atoms with Gasteiger partial charge in [0.05, 0.1) is 17.2 Å². The van der Waals surface area contributed by atoms with E-state index in [1.165, 1.54) is 22.8 Å². The highest BCUT2D eigenvalue weighted by atomic mass is 79.9. The average Bonchev–Trinajstić information content (AvgIpc) is 2.73. The first-order valence-corrected chi connectivity index (χ1v) is 12.2. The first-order chi connectivity index (χ1) is 14.8. The van der Waals surface area contributed by atoms with Crippen LogP contribution in [0.15, 0.2) is 82.4 Å². The molecule has 3 aromatic carbocycles. The predicted octanol–water partition coefficient (Wildman–Crippen LogP) is 6.66. The van der Waals surface area contributed by atoms with Gasteiger partial charge in [-0.05, 0) is 55.0 Å². The van der Waals surface area contributed by atoms with E-state index in [4.69, 9.17) is 23.2 Å². The molecule has 4 rings (SSSR count). The van der Waals surface area contributed by atoms with E-state index in [-0.39, 0.29) is 4.90 Å². The molecule has 0 amide bonds. The largest absolute Gasteiger partial charge is 0.267 e. The molecule has 0 saturated heterocycles. The molecule has 1 aromatic heterocycles. The summed E-state index contributed by atoms with van der Waals surface area (Å²) >= 11 is 15.9. The minimum Gasteiger partial charge on any atom is -0.259 e. The van der Waals surface area contributed by atoms with E-state index in [9.17, 15) is 8.42 Å². The molecule has 5 nitrogen and oxygen atoms in total. The molecule has 0 radical (unpaired) electrons. The lowest BCUT2D eigenvalue weighted by molar-refractivity contribution is 0.583. The number of benzene rings is 3. The van der Waals surface area contributed by atoms with E-state index in [1.807, 2.05) is 6.07 Å². The van der Waals surface area contributed by atoms with Crippen molar-refractivity contribution in [3.8, 4) is 0 Å². The van der Waals surface area contributed by atoms with Gasteiger partial charge in [0.1, 0.15) is 10.4 Å². The highest BCUT2D eigenvalue weighted by molar-refractivity contribution is 9.10. The number of aromatic nitrogens is 2. The predicted molar refractivity (Wildman–Crippen MR) is 128 cm³/mol. The quantitative estimate of drug-likeness (QED) is 0.286. The van der Waals surface area contributed by atoms with Gasteiger partial charge in [-0.2, -0.15) is 0 Å². The van der Waals surface area contributed by atoms with Crippen molar-refractivity contribution in [2.24, 2.45) is 0 Å². The van der Waals surface area contributed by atoms with Crippen LogP contribution in [0.1, 0.15) is 18.5 Å². The van der Waals surface area contributed by atoms with Crippen LogP contribution in [0.5, 0.6) is 0 Å². The van der Waals surface area contributed by atoms with Gasteiger partial charge < -0.3 is 0 Å². The molecule has 0 N–H and O–H groups in total. The Kier molecular flexibility index (Phi) is 6.21. The number of fused-ring (bicyclic) bond motifs is 1. The summed E-state index contributed by atoms with van der Waals surface area (Å²) in [6.45, 7) is 1.78. The van der Waals surface area contributed by atoms with Crippen molar-refractivity contribution in [2.75, 3.05) is 4.31 Å². The van der Waals surface area contributed by atoms with Gasteiger partial charge in [-0.1, -0.05) is 57.3 Å². The summed E-state index contributed by atoms with van der Waals surface area (Å²) in [7, 11) is -4.05. The molecular weight excluding hydrogens is 521 g/mol. The van der Waals surface area contributed by atoms with E-state index in [1.54, 1.807) is 55.5 Å². The van der Waals surface area contributed by atoms with Crippen LogP contribution in [0.2, 0.25) is 10.0 Å². The molecule has 0 aliphatic rings. The van der Waals surface area contributed by atoms with Crippen LogP contribution in [0, 0.1) is 0 Å². The first-order valence-electron chi connectivity index (χ1n) is 9.24. The van der Waals surface area contributed by atoms with Crippen LogP contribution >= 0.6 is 39.1 Å². The summed E-state index contributed by atoms with van der Waals surface area (Å²) in [5.41, 5.74) is 1.91. The monoisotopic (exact) mass is 535 g/mol. The van der Waals surface area contributed by atoms with Crippen molar-refractivity contribution in [3.05, 3.63) is 93.1 Å². The third kappa shape index (κ3) is 4.28. The fourth-order valence-electron chi connectivity index (χ4n) is 3.43. The summed E-state index contributed by atoms with van der Waals surface area (Å²) in [5.74, 6) is 0. The molecular formula is C22H16BrCl2N3O2S. The zero-order valence-electron chi connectivity index (χ0n) is 16.2. The average molecular weight is 537 g/mol. The second kappa shape index (κ2) is 8.74. The first kappa shape index (κ1) is 22.0. The maximum atomic E-state index is 14.0. The summed E-state index contributed by atoms with van der Waals surface area (Å²) in [6, 6.07) is 16.4. The summed E-state index contributed by atoms with van der Waals surface area (Å²) < 4.78 is 30.1. The van der Waals surface area contributed by atoms with Gasteiger partial charge in [-0.3, -0.25) is 14.3 Å². The van der Waals surface area contributed by atoms with E-state index in [2.05, 4.69) is 25.9 Å². The van der Waals surface area contributed by atoms with Gasteiger partial charge in [0.15, 0.2) is 0 Å². The van der Waals surface area contributed by atoms with Gasteiger partial charge in [0.2, 0.25) is 0 Å². The molecule has 0 aliphatic heterocycles. The normalized spacial score (nSPS) is 12.6. The Morgan fingerprint density at radius 2 is 1.71 bits per heavy atom. The van der Waals surface area contributed by atoms with Gasteiger partial charge in [0.25, 0.3) is 10.0 Å². The Labute approximate surface area is 198 Å². The van der Waals surface area contributed by atoms with Crippen molar-refractivity contribution < 1.29 is 8.42 Å². The van der Waals surface area contributed by atoms with E-state index >= 15 is 0 Å². The van der Waals surface area contributed by atoms with Crippen molar-refractivity contribution in [3.63, 3.8) is 0 Å². The van der Waals surface area contributed by atoms with Crippen LogP contribution < -0.4 is 4.31 Å². The number of anilines is 1. The second-order valence-electron chi connectivity index (χ2n) is 6.80. The van der Waals surface area contributed by atoms with Crippen molar-refractivity contribution in [1.29, 1.82) is 0 Å². The zero-order valence-corrected chi connectivity index (χ0v) is 20.1. The molecule has 1 atom stereocenters. The van der Waals surface area contributed by atoms with Crippen LogP contribution in [-0.4, -0.2) is 18.4 Å². The van der Waals surface area contributed by atoms with Crippen LogP contribution in [0.4, 0.5) is 5.69 Å². The van der Waals surface area contributed by atoms with E-state index < -0.39 is 16.1 Å². The number of rotatable bonds is 5. The number of sulfonamides is 1. The lowest BCUT2D eigenvalue weighted by Gasteiger charge is -2.31. The third-order valence-electron chi connectivity index (χ3n) is 4.83. The molecule has 31 heavy (non-hydrogen) atoms. The Morgan fingerprint density at radius 1 is 0.968 bits per heavy atom. The SMILES string of the molecule is C[C@H](c1ccc(Cl)cc1Cl)N(c1cccc(Br)c1)S(=O)(=O)c1cccc2nccnc12. The Morgan fingerprint density at radius 3 is 2.45 bits per heavy atom. The molecule has 9 heteroatoms. The van der Waals surface area contributed by atoms with Gasteiger partial charge in [-0.15, -0.1) is 0 Å². The van der Waals surface area contributed by atoms with Gasteiger partial charge in [0, 0.05) is 26.9 Å². The Hall–Kier alpha value is -2.19. The highest BCUT2D eigenvalue weighted by Crippen LogP contribution is 2.38. The fraction of sp³-hybridized carbons (Fsp3) is 0.0909. The number of nitrogens with zero attached hydrogens (tertiary/aromatic N) is 3. The maximum Gasteiger partial charge on any atom is 0.267 e.